The van der Waals surface area contributed by atoms with Crippen molar-refractivity contribution in [3.05, 3.63) is 29.3 Å². The van der Waals surface area contributed by atoms with Gasteiger partial charge in [0.25, 0.3) is 0 Å². The van der Waals surface area contributed by atoms with Crippen LogP contribution in [-0.4, -0.2) is 38.1 Å². The zero-order chi connectivity index (χ0) is 13.0. The van der Waals surface area contributed by atoms with E-state index in [2.05, 4.69) is 11.4 Å². The van der Waals surface area contributed by atoms with Gasteiger partial charge in [0.1, 0.15) is 12.4 Å². The third kappa shape index (κ3) is 4.40. The molecule has 2 rings (SSSR count). The summed E-state index contributed by atoms with van der Waals surface area (Å²) in [6, 6.07) is 6.20. The minimum Gasteiger partial charge on any atom is -0.492 e. The van der Waals surface area contributed by atoms with E-state index in [1.54, 1.807) is 19.0 Å². The zero-order valence-electron chi connectivity index (χ0n) is 11.4. The molecule has 0 atom stereocenters. The number of aryl methyl sites for hydroxylation is 1. The highest BCUT2D eigenvalue weighted by atomic mass is 35.5. The Morgan fingerprint density at radius 2 is 2.21 bits per heavy atom. The molecule has 0 fully saturated rings. The number of carbonyl (C=O) groups is 1. The summed E-state index contributed by atoms with van der Waals surface area (Å²) in [5.41, 5.74) is 2.37. The van der Waals surface area contributed by atoms with Crippen LogP contribution >= 0.6 is 12.4 Å². The Labute approximate surface area is 120 Å². The first-order valence-corrected chi connectivity index (χ1v) is 6.32. The molecule has 106 valence electrons. The molecule has 0 aromatic heterocycles. The molecule has 0 saturated carbocycles. The van der Waals surface area contributed by atoms with E-state index in [-0.39, 0.29) is 18.3 Å². The van der Waals surface area contributed by atoms with E-state index in [1.165, 1.54) is 11.1 Å². The fourth-order valence-electron chi connectivity index (χ4n) is 2.00. The lowest BCUT2D eigenvalue weighted by molar-refractivity contribution is -0.128. The number of rotatable bonds is 3. The number of halogens is 1. The SMILES string of the molecule is CN(C)C(=O)CCc1ccc2c(c1)CNCCO2.Cl. The summed E-state index contributed by atoms with van der Waals surface area (Å²) >= 11 is 0. The van der Waals surface area contributed by atoms with Crippen LogP contribution < -0.4 is 10.1 Å². The summed E-state index contributed by atoms with van der Waals surface area (Å²) in [4.78, 5) is 13.2. The molecular weight excluding hydrogens is 264 g/mol. The first kappa shape index (κ1) is 15.8. The summed E-state index contributed by atoms with van der Waals surface area (Å²) in [5.74, 6) is 1.13. The normalized spacial score (nSPS) is 13.6. The van der Waals surface area contributed by atoms with Gasteiger partial charge < -0.3 is 15.0 Å². The lowest BCUT2D eigenvalue weighted by Crippen LogP contribution is -2.21. The van der Waals surface area contributed by atoms with Gasteiger partial charge in [0, 0.05) is 39.2 Å². The fraction of sp³-hybridized carbons (Fsp3) is 0.500. The Hall–Kier alpha value is -1.26. The smallest absolute Gasteiger partial charge is 0.222 e. The topological polar surface area (TPSA) is 41.6 Å². The maximum atomic E-state index is 11.5. The number of hydrogen-bond acceptors (Lipinski definition) is 3. The van der Waals surface area contributed by atoms with E-state index in [1.807, 2.05) is 12.1 Å². The number of nitrogens with zero attached hydrogens (tertiary/aromatic N) is 1. The number of hydrogen-bond donors (Lipinski definition) is 1. The van der Waals surface area contributed by atoms with E-state index in [9.17, 15) is 4.79 Å². The van der Waals surface area contributed by atoms with Gasteiger partial charge in [-0.2, -0.15) is 0 Å². The number of fused-ring (bicyclic) bond motifs is 1. The summed E-state index contributed by atoms with van der Waals surface area (Å²) in [5, 5.41) is 3.31. The monoisotopic (exact) mass is 284 g/mol. The molecule has 1 amide bonds. The zero-order valence-corrected chi connectivity index (χ0v) is 12.3. The number of amides is 1. The summed E-state index contributed by atoms with van der Waals surface area (Å²) in [6.45, 7) is 2.43. The lowest BCUT2D eigenvalue weighted by Gasteiger charge is -2.11. The quantitative estimate of drug-likeness (QED) is 0.917. The minimum absolute atomic E-state index is 0. The molecular formula is C14H21ClN2O2. The van der Waals surface area contributed by atoms with Gasteiger partial charge in [-0.15, -0.1) is 12.4 Å². The Bertz CT molecular complexity index is 435. The Morgan fingerprint density at radius 3 is 2.95 bits per heavy atom. The number of benzene rings is 1. The standard InChI is InChI=1S/C14H20N2O2.ClH/c1-16(2)14(17)6-4-11-3-5-13-12(9-11)10-15-7-8-18-13;/h3,5,9,15H,4,6-8,10H2,1-2H3;1H. The molecule has 1 aromatic rings. The lowest BCUT2D eigenvalue weighted by atomic mass is 10.0. The summed E-state index contributed by atoms with van der Waals surface area (Å²) in [6.07, 6.45) is 1.34. The van der Waals surface area contributed by atoms with Crippen LogP contribution in [0.1, 0.15) is 17.5 Å². The Kier molecular flexibility index (Phi) is 6.12. The maximum absolute atomic E-state index is 11.5. The van der Waals surface area contributed by atoms with E-state index < -0.39 is 0 Å². The van der Waals surface area contributed by atoms with E-state index in [4.69, 9.17) is 4.74 Å². The second kappa shape index (κ2) is 7.36. The van der Waals surface area contributed by atoms with Crippen LogP contribution in [-0.2, 0) is 17.8 Å². The molecule has 0 saturated heterocycles. The summed E-state index contributed by atoms with van der Waals surface area (Å²) in [7, 11) is 3.58. The van der Waals surface area contributed by atoms with Gasteiger partial charge in [0.2, 0.25) is 5.91 Å². The molecule has 1 heterocycles. The van der Waals surface area contributed by atoms with Crippen molar-refractivity contribution in [2.75, 3.05) is 27.2 Å². The average molecular weight is 285 g/mol. The first-order chi connectivity index (χ1) is 8.66. The molecule has 0 spiro atoms. The van der Waals surface area contributed by atoms with Crippen molar-refractivity contribution in [3.63, 3.8) is 0 Å². The summed E-state index contributed by atoms with van der Waals surface area (Å²) < 4.78 is 5.63. The molecule has 0 unspecified atom stereocenters. The third-order valence-electron chi connectivity index (χ3n) is 3.10. The first-order valence-electron chi connectivity index (χ1n) is 6.32. The Balaban J connectivity index is 0.00000180. The minimum atomic E-state index is 0. The highest BCUT2D eigenvalue weighted by molar-refractivity contribution is 5.85. The number of carbonyl (C=O) groups excluding carboxylic acids is 1. The van der Waals surface area contributed by atoms with Gasteiger partial charge in [0.15, 0.2) is 0 Å². The van der Waals surface area contributed by atoms with Gasteiger partial charge in [-0.1, -0.05) is 12.1 Å². The van der Waals surface area contributed by atoms with Gasteiger partial charge >= 0.3 is 0 Å². The van der Waals surface area contributed by atoms with Crippen LogP contribution in [0.3, 0.4) is 0 Å². The average Bonchev–Trinajstić information content (AvgIpc) is 2.60. The molecule has 1 aliphatic rings. The van der Waals surface area contributed by atoms with E-state index >= 15 is 0 Å². The van der Waals surface area contributed by atoms with Crippen molar-refractivity contribution in [2.24, 2.45) is 0 Å². The van der Waals surface area contributed by atoms with Crippen LogP contribution in [0.2, 0.25) is 0 Å². The van der Waals surface area contributed by atoms with Gasteiger partial charge in [-0.25, -0.2) is 0 Å². The van der Waals surface area contributed by atoms with Crippen molar-refractivity contribution >= 4 is 18.3 Å². The number of nitrogens with one attached hydrogen (secondary N) is 1. The van der Waals surface area contributed by atoms with Gasteiger partial charge in [0.05, 0.1) is 0 Å². The Morgan fingerprint density at radius 1 is 1.42 bits per heavy atom. The second-order valence-corrected chi connectivity index (χ2v) is 4.76. The fourth-order valence-corrected chi connectivity index (χ4v) is 2.00. The predicted molar refractivity (Wildman–Crippen MR) is 77.9 cm³/mol. The van der Waals surface area contributed by atoms with Gasteiger partial charge in [-0.3, -0.25) is 4.79 Å². The van der Waals surface area contributed by atoms with Crippen molar-refractivity contribution < 1.29 is 9.53 Å². The molecule has 19 heavy (non-hydrogen) atoms. The number of ether oxygens (including phenoxy) is 1. The molecule has 5 heteroatoms. The van der Waals surface area contributed by atoms with Crippen LogP contribution in [0, 0.1) is 0 Å². The molecule has 1 aliphatic heterocycles. The van der Waals surface area contributed by atoms with Crippen LogP contribution in [0.5, 0.6) is 5.75 Å². The van der Waals surface area contributed by atoms with Crippen molar-refractivity contribution in [1.29, 1.82) is 0 Å². The molecule has 0 bridgehead atoms. The third-order valence-corrected chi connectivity index (χ3v) is 3.10. The maximum Gasteiger partial charge on any atom is 0.222 e. The molecule has 0 aliphatic carbocycles. The molecule has 4 nitrogen and oxygen atoms in total. The highest BCUT2D eigenvalue weighted by Gasteiger charge is 2.10. The van der Waals surface area contributed by atoms with Gasteiger partial charge in [-0.05, 0) is 18.1 Å². The molecule has 0 radical (unpaired) electrons. The molecule has 1 N–H and O–H groups in total. The predicted octanol–water partition coefficient (Wildman–Crippen LogP) is 1.61. The largest absolute Gasteiger partial charge is 0.492 e. The second-order valence-electron chi connectivity index (χ2n) is 4.76. The van der Waals surface area contributed by atoms with Crippen LogP contribution in [0.25, 0.3) is 0 Å². The van der Waals surface area contributed by atoms with Crippen molar-refractivity contribution in [2.45, 2.75) is 19.4 Å². The molecule has 1 aromatic carbocycles. The van der Waals surface area contributed by atoms with Crippen molar-refractivity contribution in [1.82, 2.24) is 10.2 Å². The van der Waals surface area contributed by atoms with Crippen molar-refractivity contribution in [3.8, 4) is 5.75 Å². The van der Waals surface area contributed by atoms with E-state index in [0.29, 0.717) is 13.0 Å². The highest BCUT2D eigenvalue weighted by Crippen LogP contribution is 2.22. The van der Waals surface area contributed by atoms with Crippen LogP contribution in [0.4, 0.5) is 0 Å². The van der Waals surface area contributed by atoms with Crippen LogP contribution in [0.15, 0.2) is 18.2 Å². The van der Waals surface area contributed by atoms with E-state index in [0.717, 1.165) is 25.3 Å².